The Hall–Kier alpha value is -3.43. The topological polar surface area (TPSA) is 88.8 Å². The van der Waals surface area contributed by atoms with Crippen LogP contribution in [0.1, 0.15) is 18.4 Å². The number of nitrogens with zero attached hydrogens (tertiary/aromatic N) is 1. The summed E-state index contributed by atoms with van der Waals surface area (Å²) in [5.74, 6) is 0.413. The number of amides is 2. The number of anilines is 1. The van der Waals surface area contributed by atoms with Crippen molar-refractivity contribution in [3.63, 3.8) is 0 Å². The van der Waals surface area contributed by atoms with E-state index in [0.717, 1.165) is 11.3 Å². The summed E-state index contributed by atoms with van der Waals surface area (Å²) in [5, 5.41) is 3.54. The second kappa shape index (κ2) is 10.0. The zero-order valence-corrected chi connectivity index (χ0v) is 19.3. The molecule has 0 spiro atoms. The van der Waals surface area contributed by atoms with Crippen LogP contribution < -0.4 is 15.7 Å². The van der Waals surface area contributed by atoms with Crippen molar-refractivity contribution in [2.75, 3.05) is 19.0 Å². The molecule has 9 heteroatoms. The van der Waals surface area contributed by atoms with Gasteiger partial charge in [-0.15, -0.1) is 0 Å². The molecule has 0 unspecified atom stereocenters. The summed E-state index contributed by atoms with van der Waals surface area (Å²) < 4.78 is 10.7. The van der Waals surface area contributed by atoms with Crippen LogP contribution in [0.25, 0.3) is 17.0 Å². The maximum atomic E-state index is 12.8. The molecule has 1 fully saturated rings. The molecule has 1 saturated heterocycles. The third-order valence-electron chi connectivity index (χ3n) is 4.98. The van der Waals surface area contributed by atoms with Crippen molar-refractivity contribution >= 4 is 62.8 Å². The first-order valence-electron chi connectivity index (χ1n) is 10.2. The Morgan fingerprint density at radius 3 is 2.70 bits per heavy atom. The Morgan fingerprint density at radius 2 is 1.94 bits per heavy atom. The van der Waals surface area contributed by atoms with Crippen LogP contribution in [-0.4, -0.2) is 34.7 Å². The first-order chi connectivity index (χ1) is 15.9. The highest BCUT2D eigenvalue weighted by Crippen LogP contribution is 2.33. The van der Waals surface area contributed by atoms with Gasteiger partial charge in [-0.2, -0.15) is 0 Å². The Morgan fingerprint density at radius 1 is 1.15 bits per heavy atom. The molecule has 2 heterocycles. The van der Waals surface area contributed by atoms with E-state index in [1.54, 1.807) is 37.5 Å². The quantitative estimate of drug-likeness (QED) is 0.304. The van der Waals surface area contributed by atoms with Crippen LogP contribution in [0.15, 0.2) is 68.7 Å². The van der Waals surface area contributed by atoms with Gasteiger partial charge < -0.3 is 14.5 Å². The molecule has 0 radical (unpaired) electrons. The highest BCUT2D eigenvalue weighted by molar-refractivity contribution is 8.26. The zero-order chi connectivity index (χ0) is 23.4. The molecule has 0 saturated carbocycles. The minimum Gasteiger partial charge on any atom is -0.497 e. The van der Waals surface area contributed by atoms with Crippen LogP contribution in [0, 0.1) is 0 Å². The number of thioether (sulfide) groups is 1. The Labute approximate surface area is 199 Å². The van der Waals surface area contributed by atoms with E-state index in [2.05, 4.69) is 5.32 Å². The average molecular weight is 481 g/mol. The third-order valence-corrected chi connectivity index (χ3v) is 6.35. The monoisotopic (exact) mass is 480 g/mol. The Bertz CT molecular complexity index is 1310. The molecule has 1 aliphatic heterocycles. The summed E-state index contributed by atoms with van der Waals surface area (Å²) in [5.41, 5.74) is 1.52. The number of thiocarbonyl (C=S) groups is 1. The fourth-order valence-electron chi connectivity index (χ4n) is 3.32. The number of nitrogens with one attached hydrogen (secondary N) is 1. The molecular weight excluding hydrogens is 460 g/mol. The average Bonchev–Trinajstić information content (AvgIpc) is 3.07. The summed E-state index contributed by atoms with van der Waals surface area (Å²) in [6.45, 7) is 0.362. The molecule has 2 amide bonds. The van der Waals surface area contributed by atoms with Gasteiger partial charge in [-0.3, -0.25) is 14.5 Å². The van der Waals surface area contributed by atoms with Crippen LogP contribution in [0.2, 0.25) is 0 Å². The molecule has 4 rings (SSSR count). The number of fused-ring (bicyclic) bond motifs is 1. The number of carbonyl (C=O) groups is 2. The van der Waals surface area contributed by atoms with E-state index in [9.17, 15) is 14.4 Å². The highest BCUT2D eigenvalue weighted by atomic mass is 32.2. The minimum absolute atomic E-state index is 0.155. The van der Waals surface area contributed by atoms with Gasteiger partial charge in [0.1, 0.15) is 15.7 Å². The van der Waals surface area contributed by atoms with Gasteiger partial charge in [0.2, 0.25) is 5.91 Å². The molecule has 1 N–H and O–H groups in total. The molecule has 168 valence electrons. The van der Waals surface area contributed by atoms with Crippen molar-refractivity contribution in [1.29, 1.82) is 0 Å². The molecule has 1 aliphatic rings. The van der Waals surface area contributed by atoms with Crippen molar-refractivity contribution < 1.29 is 18.7 Å². The molecule has 0 aliphatic carbocycles. The smallest absolute Gasteiger partial charge is 0.336 e. The molecule has 7 nitrogen and oxygen atoms in total. The van der Waals surface area contributed by atoms with E-state index in [0.29, 0.717) is 38.8 Å². The zero-order valence-electron chi connectivity index (χ0n) is 17.7. The van der Waals surface area contributed by atoms with Crippen LogP contribution >= 0.6 is 24.0 Å². The first-order valence-corrected chi connectivity index (χ1v) is 11.4. The number of methoxy groups -OCH3 is 1. The van der Waals surface area contributed by atoms with Crippen molar-refractivity contribution in [3.8, 4) is 5.75 Å². The second-order valence-electron chi connectivity index (χ2n) is 7.27. The third kappa shape index (κ3) is 5.50. The van der Waals surface area contributed by atoms with Gasteiger partial charge in [0, 0.05) is 30.1 Å². The van der Waals surface area contributed by atoms with Crippen molar-refractivity contribution in [2.24, 2.45) is 0 Å². The molecule has 0 atom stereocenters. The molecule has 1 aromatic heterocycles. The summed E-state index contributed by atoms with van der Waals surface area (Å²) >= 11 is 6.62. The minimum atomic E-state index is -0.422. The van der Waals surface area contributed by atoms with Crippen molar-refractivity contribution in [3.05, 3.63) is 75.5 Å². The number of rotatable bonds is 7. The predicted octanol–water partition coefficient (Wildman–Crippen LogP) is 4.42. The normalized spacial score (nSPS) is 14.8. The molecule has 0 bridgehead atoms. The van der Waals surface area contributed by atoms with Crippen molar-refractivity contribution in [2.45, 2.75) is 12.8 Å². The van der Waals surface area contributed by atoms with E-state index in [1.807, 2.05) is 24.3 Å². The van der Waals surface area contributed by atoms with E-state index in [1.165, 1.54) is 22.7 Å². The van der Waals surface area contributed by atoms with Gasteiger partial charge in [0.15, 0.2) is 0 Å². The van der Waals surface area contributed by atoms with Crippen LogP contribution in [0.5, 0.6) is 5.75 Å². The van der Waals surface area contributed by atoms with E-state index >= 15 is 0 Å². The number of ether oxygens (including phenoxy) is 1. The fraction of sp³-hybridized carbons (Fsp3) is 0.167. The van der Waals surface area contributed by atoms with Gasteiger partial charge in [-0.1, -0.05) is 36.1 Å². The number of carbonyl (C=O) groups excluding carboxylic acids is 2. The van der Waals surface area contributed by atoms with Crippen molar-refractivity contribution in [1.82, 2.24) is 4.90 Å². The number of benzene rings is 2. The van der Waals surface area contributed by atoms with Gasteiger partial charge in [-0.25, -0.2) is 4.79 Å². The maximum Gasteiger partial charge on any atom is 0.336 e. The van der Waals surface area contributed by atoms with Gasteiger partial charge in [-0.05, 0) is 54.5 Å². The van der Waals surface area contributed by atoms with Gasteiger partial charge in [0.25, 0.3) is 5.91 Å². The summed E-state index contributed by atoms with van der Waals surface area (Å²) in [6.07, 6.45) is 2.50. The first kappa shape index (κ1) is 22.8. The molecule has 33 heavy (non-hydrogen) atoms. The van der Waals surface area contributed by atoms with Crippen LogP contribution in [0.4, 0.5) is 5.69 Å². The van der Waals surface area contributed by atoms with Crippen LogP contribution in [-0.2, 0) is 9.59 Å². The molecule has 2 aromatic carbocycles. The summed E-state index contributed by atoms with van der Waals surface area (Å²) in [4.78, 5) is 38.5. The molecular formula is C24H20N2O5S2. The highest BCUT2D eigenvalue weighted by Gasteiger charge is 2.31. The summed E-state index contributed by atoms with van der Waals surface area (Å²) in [7, 11) is 1.60. The standard InChI is InChI=1S/C24H20N2O5S2/c1-30-18-8-4-15(5-9-18)13-20-23(29)26(24(32)33-20)12-2-3-21(27)25-17-7-10-19-16(14-17)6-11-22(28)31-19/h4-11,13-14H,2-3,12H2,1H3,(H,25,27)/b20-13-. The predicted molar refractivity (Wildman–Crippen MR) is 133 cm³/mol. The maximum absolute atomic E-state index is 12.8. The molecule has 3 aromatic rings. The van der Waals surface area contributed by atoms with E-state index in [4.69, 9.17) is 21.4 Å². The lowest BCUT2D eigenvalue weighted by Crippen LogP contribution is -2.29. The number of hydrogen-bond acceptors (Lipinski definition) is 7. The fourth-order valence-corrected chi connectivity index (χ4v) is 4.62. The van der Waals surface area contributed by atoms with Gasteiger partial charge >= 0.3 is 5.63 Å². The largest absolute Gasteiger partial charge is 0.497 e. The SMILES string of the molecule is COc1ccc(/C=C2\SC(=S)N(CCCC(=O)Nc3ccc4oc(=O)ccc4c3)C2=O)cc1. The lowest BCUT2D eigenvalue weighted by Gasteiger charge is -2.14. The Kier molecular flexibility index (Phi) is 6.90. The van der Waals surface area contributed by atoms with E-state index < -0.39 is 5.63 Å². The van der Waals surface area contributed by atoms with E-state index in [-0.39, 0.29) is 18.2 Å². The number of hydrogen-bond donors (Lipinski definition) is 1. The lowest BCUT2D eigenvalue weighted by molar-refractivity contribution is -0.122. The summed E-state index contributed by atoms with van der Waals surface area (Å²) in [6, 6.07) is 15.4. The van der Waals surface area contributed by atoms with Gasteiger partial charge in [0.05, 0.1) is 12.0 Å². The second-order valence-corrected chi connectivity index (χ2v) is 8.94. The lowest BCUT2D eigenvalue weighted by atomic mass is 10.2. The Balaban J connectivity index is 1.31. The van der Waals surface area contributed by atoms with Crippen LogP contribution in [0.3, 0.4) is 0 Å².